The normalized spacial score (nSPS) is 40.2. The molecule has 66 valence electrons. The molecular weight excluding hydrogens is 181 g/mol. The van der Waals surface area contributed by atoms with Crippen LogP contribution in [-0.2, 0) is 10.0 Å². The Bertz CT molecular complexity index is 262. The second-order valence-corrected chi connectivity index (χ2v) is 6.60. The number of rotatable bonds is 2. The molecule has 0 spiro atoms. The SMILES string of the molecule is CC(P)C1CC1(C)S(N)(=O)=O. The minimum atomic E-state index is -3.34. The summed E-state index contributed by atoms with van der Waals surface area (Å²) in [5.41, 5.74) is 0.332. The van der Waals surface area contributed by atoms with Crippen LogP contribution in [0.5, 0.6) is 0 Å². The van der Waals surface area contributed by atoms with Gasteiger partial charge in [-0.2, -0.15) is 0 Å². The summed E-state index contributed by atoms with van der Waals surface area (Å²) in [4.78, 5) is 0. The summed E-state index contributed by atoms with van der Waals surface area (Å²) in [7, 11) is -0.721. The van der Waals surface area contributed by atoms with Crippen LogP contribution in [0.1, 0.15) is 20.3 Å². The third-order valence-corrected chi connectivity index (χ3v) is 4.77. The molecular formula is C6H14NO2PS. The Balaban J connectivity index is 2.79. The van der Waals surface area contributed by atoms with Gasteiger partial charge < -0.3 is 0 Å². The second kappa shape index (κ2) is 2.41. The Morgan fingerprint density at radius 1 is 1.73 bits per heavy atom. The van der Waals surface area contributed by atoms with Crippen molar-refractivity contribution in [3.8, 4) is 0 Å². The minimum Gasteiger partial charge on any atom is -0.228 e. The maximum absolute atomic E-state index is 11.0. The average molecular weight is 195 g/mol. The summed E-state index contributed by atoms with van der Waals surface area (Å²) in [6, 6.07) is 0. The van der Waals surface area contributed by atoms with E-state index in [0.29, 0.717) is 12.1 Å². The smallest absolute Gasteiger partial charge is 0.214 e. The minimum absolute atomic E-state index is 0.225. The van der Waals surface area contributed by atoms with E-state index in [-0.39, 0.29) is 5.92 Å². The van der Waals surface area contributed by atoms with E-state index in [0.717, 1.165) is 0 Å². The lowest BCUT2D eigenvalue weighted by atomic mass is 10.2. The third kappa shape index (κ3) is 1.44. The number of hydrogen-bond donors (Lipinski definition) is 1. The largest absolute Gasteiger partial charge is 0.228 e. The summed E-state index contributed by atoms with van der Waals surface area (Å²) in [5, 5.41) is 5.07. The Morgan fingerprint density at radius 2 is 2.18 bits per heavy atom. The first-order valence-corrected chi connectivity index (χ1v) is 5.78. The summed E-state index contributed by atoms with van der Waals surface area (Å²) >= 11 is 0. The van der Waals surface area contributed by atoms with Crippen molar-refractivity contribution in [2.75, 3.05) is 0 Å². The van der Waals surface area contributed by atoms with E-state index in [1.165, 1.54) is 0 Å². The molecule has 0 aliphatic heterocycles. The predicted molar refractivity (Wildman–Crippen MR) is 48.8 cm³/mol. The highest BCUT2D eigenvalue weighted by Crippen LogP contribution is 2.52. The molecule has 3 nitrogen and oxygen atoms in total. The Hall–Kier alpha value is 0.340. The van der Waals surface area contributed by atoms with Crippen molar-refractivity contribution in [1.29, 1.82) is 0 Å². The van der Waals surface area contributed by atoms with Gasteiger partial charge in [0.2, 0.25) is 10.0 Å². The average Bonchev–Trinajstić information content (AvgIpc) is 2.40. The molecule has 0 aromatic heterocycles. The highest BCUT2D eigenvalue weighted by Gasteiger charge is 2.59. The van der Waals surface area contributed by atoms with Crippen LogP contribution in [0.15, 0.2) is 0 Å². The van der Waals surface area contributed by atoms with Crippen LogP contribution >= 0.6 is 9.24 Å². The molecule has 1 rings (SSSR count). The van der Waals surface area contributed by atoms with E-state index in [2.05, 4.69) is 9.24 Å². The summed E-state index contributed by atoms with van der Waals surface area (Å²) in [6.45, 7) is 3.71. The summed E-state index contributed by atoms with van der Waals surface area (Å²) in [6.07, 6.45) is 0.705. The van der Waals surface area contributed by atoms with Gasteiger partial charge in [-0.25, -0.2) is 13.6 Å². The van der Waals surface area contributed by atoms with Crippen LogP contribution in [0.25, 0.3) is 0 Å². The van der Waals surface area contributed by atoms with E-state index in [4.69, 9.17) is 5.14 Å². The summed E-state index contributed by atoms with van der Waals surface area (Å²) in [5.74, 6) is 0.225. The molecule has 2 N–H and O–H groups in total. The fourth-order valence-electron chi connectivity index (χ4n) is 1.45. The van der Waals surface area contributed by atoms with Crippen molar-refractivity contribution in [2.24, 2.45) is 11.1 Å². The standard InChI is InChI=1S/C6H14NO2PS/c1-4(10)5-3-6(5,2)11(7,8)9/h4-5H,3,10H2,1-2H3,(H2,7,8,9). The van der Waals surface area contributed by atoms with Gasteiger partial charge in [0, 0.05) is 0 Å². The molecule has 0 saturated heterocycles. The zero-order valence-electron chi connectivity index (χ0n) is 6.74. The second-order valence-electron chi connectivity index (χ2n) is 3.53. The van der Waals surface area contributed by atoms with E-state index >= 15 is 0 Å². The predicted octanol–water partition coefficient (Wildman–Crippen LogP) is 0.317. The first-order chi connectivity index (χ1) is 4.79. The van der Waals surface area contributed by atoms with Crippen LogP contribution in [0.4, 0.5) is 0 Å². The molecule has 1 aliphatic carbocycles. The van der Waals surface area contributed by atoms with E-state index in [1.54, 1.807) is 6.92 Å². The van der Waals surface area contributed by atoms with E-state index < -0.39 is 14.8 Å². The lowest BCUT2D eigenvalue weighted by Crippen LogP contribution is -2.30. The van der Waals surface area contributed by atoms with Crippen LogP contribution < -0.4 is 5.14 Å². The molecule has 1 saturated carbocycles. The molecule has 0 radical (unpaired) electrons. The molecule has 0 bridgehead atoms. The van der Waals surface area contributed by atoms with Gasteiger partial charge >= 0.3 is 0 Å². The molecule has 0 heterocycles. The van der Waals surface area contributed by atoms with Crippen LogP contribution in [0, 0.1) is 5.92 Å². The lowest BCUT2D eigenvalue weighted by Gasteiger charge is -2.09. The monoisotopic (exact) mass is 195 g/mol. The highest BCUT2D eigenvalue weighted by atomic mass is 32.2. The van der Waals surface area contributed by atoms with Crippen molar-refractivity contribution in [2.45, 2.75) is 30.7 Å². The molecule has 5 heteroatoms. The molecule has 4 unspecified atom stereocenters. The van der Waals surface area contributed by atoms with Gasteiger partial charge in [0.15, 0.2) is 0 Å². The zero-order chi connectivity index (χ0) is 8.86. The van der Waals surface area contributed by atoms with Crippen molar-refractivity contribution in [3.63, 3.8) is 0 Å². The maximum atomic E-state index is 11.0. The summed E-state index contributed by atoms with van der Waals surface area (Å²) < 4.78 is 21.4. The fraction of sp³-hybridized carbons (Fsp3) is 1.00. The highest BCUT2D eigenvalue weighted by molar-refractivity contribution is 7.90. The Kier molecular flexibility index (Phi) is 2.07. The van der Waals surface area contributed by atoms with Gasteiger partial charge in [0.05, 0.1) is 4.75 Å². The Labute approximate surface area is 70.0 Å². The fourth-order valence-corrected chi connectivity index (χ4v) is 3.20. The number of hydrogen-bond acceptors (Lipinski definition) is 2. The van der Waals surface area contributed by atoms with Crippen molar-refractivity contribution < 1.29 is 8.42 Å². The van der Waals surface area contributed by atoms with Crippen LogP contribution in [0.3, 0.4) is 0 Å². The first kappa shape index (κ1) is 9.43. The molecule has 11 heavy (non-hydrogen) atoms. The number of primary sulfonamides is 1. The van der Waals surface area contributed by atoms with E-state index in [9.17, 15) is 8.42 Å². The number of nitrogens with two attached hydrogens (primary N) is 1. The van der Waals surface area contributed by atoms with Crippen LogP contribution in [0.2, 0.25) is 0 Å². The first-order valence-electron chi connectivity index (χ1n) is 3.57. The van der Waals surface area contributed by atoms with Crippen molar-refractivity contribution in [3.05, 3.63) is 0 Å². The lowest BCUT2D eigenvalue weighted by molar-refractivity contribution is 0.575. The van der Waals surface area contributed by atoms with Gasteiger partial charge in [-0.15, -0.1) is 9.24 Å². The van der Waals surface area contributed by atoms with E-state index in [1.807, 2.05) is 6.92 Å². The third-order valence-electron chi connectivity index (χ3n) is 2.53. The van der Waals surface area contributed by atoms with Crippen molar-refractivity contribution in [1.82, 2.24) is 0 Å². The Morgan fingerprint density at radius 3 is 2.27 bits per heavy atom. The van der Waals surface area contributed by atoms with Gasteiger partial charge in [-0.3, -0.25) is 0 Å². The molecule has 0 aromatic rings. The topological polar surface area (TPSA) is 60.2 Å². The zero-order valence-corrected chi connectivity index (χ0v) is 8.71. The quantitative estimate of drug-likeness (QED) is 0.645. The molecule has 1 fully saturated rings. The van der Waals surface area contributed by atoms with Gasteiger partial charge in [-0.1, -0.05) is 6.92 Å². The molecule has 0 aromatic carbocycles. The van der Waals surface area contributed by atoms with Gasteiger partial charge in [0.25, 0.3) is 0 Å². The molecule has 0 amide bonds. The van der Waals surface area contributed by atoms with Gasteiger partial charge in [0.1, 0.15) is 0 Å². The van der Waals surface area contributed by atoms with Crippen molar-refractivity contribution >= 4 is 19.3 Å². The van der Waals surface area contributed by atoms with Gasteiger partial charge in [-0.05, 0) is 24.9 Å². The maximum Gasteiger partial charge on any atom is 0.214 e. The molecule has 1 aliphatic rings. The number of sulfonamides is 1. The van der Waals surface area contributed by atoms with Crippen LogP contribution in [-0.4, -0.2) is 18.8 Å². The molecule has 4 atom stereocenters.